The van der Waals surface area contributed by atoms with Crippen LogP contribution in [0.15, 0.2) is 18.2 Å². The van der Waals surface area contributed by atoms with E-state index >= 15 is 0 Å². The molecule has 1 heterocycles. The molecule has 2 atom stereocenters. The van der Waals surface area contributed by atoms with Gasteiger partial charge in [0.05, 0.1) is 66.1 Å². The molecular formula is C27H43NO11. The van der Waals surface area contributed by atoms with Crippen LogP contribution in [0.5, 0.6) is 11.5 Å². The topological polar surface area (TPSA) is 140 Å². The lowest BCUT2D eigenvalue weighted by Crippen LogP contribution is -2.46. The summed E-state index contributed by atoms with van der Waals surface area (Å²) < 4.78 is 44.5. The number of carbonyl (C=O) groups is 2. The largest absolute Gasteiger partial charge is 0.487 e. The molecule has 1 aliphatic rings. The van der Waals surface area contributed by atoms with Crippen molar-refractivity contribution >= 4 is 12.1 Å². The van der Waals surface area contributed by atoms with E-state index in [1.807, 2.05) is 0 Å². The van der Waals surface area contributed by atoms with Gasteiger partial charge in [0.25, 0.3) is 0 Å². The first-order chi connectivity index (χ1) is 18.7. The van der Waals surface area contributed by atoms with E-state index in [9.17, 15) is 14.7 Å². The zero-order chi connectivity index (χ0) is 28.5. The smallest absolute Gasteiger partial charge is 0.408 e. The molecule has 12 heteroatoms. The normalized spacial score (nSPS) is 19.1. The Labute approximate surface area is 230 Å². The van der Waals surface area contributed by atoms with Gasteiger partial charge in [0, 0.05) is 5.92 Å². The summed E-state index contributed by atoms with van der Waals surface area (Å²) in [6.07, 6.45) is -0.807. The second-order valence-electron chi connectivity index (χ2n) is 9.72. The molecule has 39 heavy (non-hydrogen) atoms. The molecule has 2 unspecified atom stereocenters. The number of fused-ring (bicyclic) bond motifs is 1. The maximum Gasteiger partial charge on any atom is 0.408 e. The number of ether oxygens (including phenoxy) is 8. The maximum atomic E-state index is 12.3. The highest BCUT2D eigenvalue weighted by atomic mass is 16.6. The van der Waals surface area contributed by atoms with Gasteiger partial charge in [-0.1, -0.05) is 13.0 Å². The number of rotatable bonds is 4. The molecule has 1 aromatic carbocycles. The summed E-state index contributed by atoms with van der Waals surface area (Å²) in [5.74, 6) is -0.888. The Kier molecular flexibility index (Phi) is 14.9. The summed E-state index contributed by atoms with van der Waals surface area (Å²) >= 11 is 0. The first-order valence-corrected chi connectivity index (χ1v) is 13.2. The number of alkyl carbamates (subject to hydrolysis) is 1. The number of carboxylic acids is 1. The van der Waals surface area contributed by atoms with Gasteiger partial charge in [-0.15, -0.1) is 0 Å². The minimum absolute atomic E-state index is 0.240. The van der Waals surface area contributed by atoms with Crippen LogP contribution in [0.4, 0.5) is 4.79 Å². The Hall–Kier alpha value is -2.64. The fourth-order valence-electron chi connectivity index (χ4n) is 3.47. The third kappa shape index (κ3) is 13.8. The minimum Gasteiger partial charge on any atom is -0.487 e. The Bertz CT molecular complexity index is 859. The van der Waals surface area contributed by atoms with Gasteiger partial charge in [0.1, 0.15) is 24.9 Å². The molecule has 12 nitrogen and oxygen atoms in total. The Morgan fingerprint density at radius 3 is 1.64 bits per heavy atom. The average molecular weight is 558 g/mol. The standard InChI is InChI=1S/C27H43NO11/c1-20(24(25(29)30)28-26(31)39-27(2,3)4)21-5-6-22-23(19-21)38-18-16-36-14-12-34-10-8-32-7-9-33-11-13-35-15-17-37-22/h5-6,19-20,24H,7-18H2,1-4H3,(H,28,31)(H,29,30). The molecule has 0 saturated heterocycles. The molecule has 1 aromatic rings. The number of carboxylic acid groups (broad SMARTS) is 1. The monoisotopic (exact) mass is 557 g/mol. The van der Waals surface area contributed by atoms with E-state index in [1.165, 1.54) is 0 Å². The molecule has 1 amide bonds. The van der Waals surface area contributed by atoms with Gasteiger partial charge in [-0.2, -0.15) is 0 Å². The number of hydrogen-bond donors (Lipinski definition) is 2. The molecular weight excluding hydrogens is 514 g/mol. The fraction of sp³-hybridized carbons (Fsp3) is 0.704. The highest BCUT2D eigenvalue weighted by Crippen LogP contribution is 2.32. The van der Waals surface area contributed by atoms with E-state index in [1.54, 1.807) is 45.9 Å². The fourth-order valence-corrected chi connectivity index (χ4v) is 3.47. The Morgan fingerprint density at radius 2 is 1.21 bits per heavy atom. The van der Waals surface area contributed by atoms with Gasteiger partial charge in [-0.25, -0.2) is 9.59 Å². The summed E-state index contributed by atoms with van der Waals surface area (Å²) in [6, 6.07) is 3.94. The van der Waals surface area contributed by atoms with Gasteiger partial charge in [-0.05, 0) is 38.5 Å². The molecule has 0 bridgehead atoms. The van der Waals surface area contributed by atoms with E-state index in [4.69, 9.17) is 37.9 Å². The predicted molar refractivity (Wildman–Crippen MR) is 141 cm³/mol. The van der Waals surface area contributed by atoms with E-state index in [-0.39, 0.29) is 13.2 Å². The first-order valence-electron chi connectivity index (χ1n) is 13.2. The predicted octanol–water partition coefficient (Wildman–Crippen LogP) is 2.62. The molecule has 0 aliphatic carbocycles. The quantitative estimate of drug-likeness (QED) is 0.564. The van der Waals surface area contributed by atoms with Crippen LogP contribution in [0.3, 0.4) is 0 Å². The second kappa shape index (κ2) is 17.9. The van der Waals surface area contributed by atoms with Crippen molar-refractivity contribution in [3.05, 3.63) is 23.8 Å². The zero-order valence-electron chi connectivity index (χ0n) is 23.4. The lowest BCUT2D eigenvalue weighted by molar-refractivity contribution is -0.140. The van der Waals surface area contributed by atoms with Crippen LogP contribution in [0.25, 0.3) is 0 Å². The van der Waals surface area contributed by atoms with Crippen LogP contribution in [-0.2, 0) is 33.2 Å². The van der Waals surface area contributed by atoms with Gasteiger partial charge in [0.15, 0.2) is 11.5 Å². The number of amides is 1. The van der Waals surface area contributed by atoms with Crippen molar-refractivity contribution in [2.45, 2.75) is 45.3 Å². The highest BCUT2D eigenvalue weighted by molar-refractivity contribution is 5.81. The molecule has 0 saturated carbocycles. The molecule has 0 spiro atoms. The SMILES string of the molecule is CC(c1ccc2c(c1)OCCOCCOCCOCCOCCOCCO2)C(NC(=O)OC(C)(C)C)C(=O)O. The minimum atomic E-state index is -1.22. The molecule has 0 aromatic heterocycles. The lowest BCUT2D eigenvalue weighted by atomic mass is 9.93. The van der Waals surface area contributed by atoms with Crippen molar-refractivity contribution in [3.8, 4) is 11.5 Å². The summed E-state index contributed by atoms with van der Waals surface area (Å²) in [7, 11) is 0. The zero-order valence-corrected chi connectivity index (χ0v) is 23.4. The van der Waals surface area contributed by atoms with E-state index in [2.05, 4.69) is 5.32 Å². The molecule has 222 valence electrons. The van der Waals surface area contributed by atoms with Crippen molar-refractivity contribution in [2.75, 3.05) is 79.3 Å². The van der Waals surface area contributed by atoms with Crippen molar-refractivity contribution in [1.82, 2.24) is 5.32 Å². The van der Waals surface area contributed by atoms with E-state index in [0.29, 0.717) is 83.1 Å². The molecule has 2 N–H and O–H groups in total. The van der Waals surface area contributed by atoms with Crippen LogP contribution < -0.4 is 14.8 Å². The van der Waals surface area contributed by atoms with Crippen molar-refractivity contribution < 1.29 is 52.6 Å². The van der Waals surface area contributed by atoms with Crippen LogP contribution in [0.1, 0.15) is 39.2 Å². The molecule has 1 aliphatic heterocycles. The van der Waals surface area contributed by atoms with Crippen molar-refractivity contribution in [3.63, 3.8) is 0 Å². The Morgan fingerprint density at radius 1 is 0.769 bits per heavy atom. The molecule has 2 rings (SSSR count). The molecule has 0 radical (unpaired) electrons. The third-order valence-electron chi connectivity index (χ3n) is 5.39. The van der Waals surface area contributed by atoms with E-state index < -0.39 is 29.6 Å². The van der Waals surface area contributed by atoms with E-state index in [0.717, 1.165) is 0 Å². The van der Waals surface area contributed by atoms with Crippen LogP contribution in [0, 0.1) is 0 Å². The number of nitrogens with one attached hydrogen (secondary N) is 1. The number of aliphatic carboxylic acids is 1. The number of hydrogen-bond acceptors (Lipinski definition) is 10. The molecule has 0 fully saturated rings. The summed E-state index contributed by atoms with van der Waals surface area (Å²) in [5, 5.41) is 12.2. The van der Waals surface area contributed by atoms with Gasteiger partial charge in [0.2, 0.25) is 0 Å². The number of benzene rings is 1. The van der Waals surface area contributed by atoms with Crippen molar-refractivity contribution in [1.29, 1.82) is 0 Å². The maximum absolute atomic E-state index is 12.3. The summed E-state index contributed by atoms with van der Waals surface area (Å²) in [5.41, 5.74) is -0.124. The average Bonchev–Trinajstić information content (AvgIpc) is 2.87. The second-order valence-corrected chi connectivity index (χ2v) is 9.72. The van der Waals surface area contributed by atoms with Gasteiger partial charge in [-0.3, -0.25) is 0 Å². The van der Waals surface area contributed by atoms with Crippen LogP contribution in [-0.4, -0.2) is 108 Å². The summed E-state index contributed by atoms with van der Waals surface area (Å²) in [6.45, 7) is 11.6. The third-order valence-corrected chi connectivity index (χ3v) is 5.39. The van der Waals surface area contributed by atoms with Gasteiger partial charge >= 0.3 is 12.1 Å². The highest BCUT2D eigenvalue weighted by Gasteiger charge is 2.30. The summed E-state index contributed by atoms with van der Waals surface area (Å²) in [4.78, 5) is 24.3. The van der Waals surface area contributed by atoms with Gasteiger partial charge < -0.3 is 48.3 Å². The van der Waals surface area contributed by atoms with Crippen LogP contribution >= 0.6 is 0 Å². The Balaban J connectivity index is 2.08. The van der Waals surface area contributed by atoms with Crippen LogP contribution in [0.2, 0.25) is 0 Å². The lowest BCUT2D eigenvalue weighted by Gasteiger charge is -2.25. The van der Waals surface area contributed by atoms with Crippen molar-refractivity contribution in [2.24, 2.45) is 0 Å². The number of carbonyl (C=O) groups excluding carboxylic acids is 1. The first kappa shape index (κ1) is 32.6.